The molecule has 2 aliphatic rings. The van der Waals surface area contributed by atoms with Gasteiger partial charge >= 0.3 is 0 Å². The van der Waals surface area contributed by atoms with Crippen molar-refractivity contribution in [3.63, 3.8) is 0 Å². The Hall–Kier alpha value is -4.14. The minimum Gasteiger partial charge on any atom is -0.494 e. The third-order valence-electron chi connectivity index (χ3n) is 8.20. The summed E-state index contributed by atoms with van der Waals surface area (Å²) in [6.45, 7) is 3.88. The number of hydrogen-bond acceptors (Lipinski definition) is 8. The van der Waals surface area contributed by atoms with E-state index in [9.17, 15) is 22.0 Å². The number of fused-ring (bicyclic) bond motifs is 1. The largest absolute Gasteiger partial charge is 0.494 e. The fourth-order valence-electron chi connectivity index (χ4n) is 5.82. The summed E-state index contributed by atoms with van der Waals surface area (Å²) in [5.41, 5.74) is 1.91. The molecule has 0 unspecified atom stereocenters. The molecule has 2 aromatic heterocycles. The highest BCUT2D eigenvalue weighted by atomic mass is 32.2. The fraction of sp³-hybridized carbons (Fsp3) is 0.367. The standard InChI is InChI=1S/C30H33F2N7O4S/c1-3-19-17-20(6-9-25(19)44(41,42)38-15-13-37(14-16-38)30(40)22-5-4-10-33-22)36-28-29-35-18-23(39(29)12-11-34-28)21-7-8-24(43-2)27(32)26(21)31/h6-9,11-12,17-18,22,33H,3-5,10,13-16H2,1-2H3,(H,34,36)/t22-/m0/s1. The molecule has 6 rings (SSSR count). The molecule has 232 valence electrons. The van der Waals surface area contributed by atoms with Gasteiger partial charge in [-0.25, -0.2) is 22.8 Å². The second-order valence-electron chi connectivity index (χ2n) is 10.7. The van der Waals surface area contributed by atoms with Crippen LogP contribution in [0.5, 0.6) is 5.75 Å². The number of anilines is 2. The average Bonchev–Trinajstić information content (AvgIpc) is 3.73. The van der Waals surface area contributed by atoms with Crippen LogP contribution in [0.1, 0.15) is 25.3 Å². The van der Waals surface area contributed by atoms with Gasteiger partial charge in [0.25, 0.3) is 0 Å². The third-order valence-corrected chi connectivity index (χ3v) is 10.2. The zero-order valence-corrected chi connectivity index (χ0v) is 25.2. The van der Waals surface area contributed by atoms with Gasteiger partial charge in [0.1, 0.15) is 0 Å². The Balaban J connectivity index is 1.22. The van der Waals surface area contributed by atoms with E-state index in [-0.39, 0.29) is 41.2 Å². The van der Waals surface area contributed by atoms with Crippen LogP contribution in [-0.4, -0.2) is 83.8 Å². The number of piperazine rings is 1. The van der Waals surface area contributed by atoms with Crippen LogP contribution in [-0.2, 0) is 21.2 Å². The average molecular weight is 626 g/mol. The molecule has 0 saturated carbocycles. The molecular formula is C30H33F2N7O4S. The SMILES string of the molecule is CCc1cc(Nc2nccn3c(-c4ccc(OC)c(F)c4F)cnc23)ccc1S(=O)(=O)N1CCN(C(=O)[C@@H]2CCCN2)CC1. The summed E-state index contributed by atoms with van der Waals surface area (Å²) in [4.78, 5) is 23.5. The van der Waals surface area contributed by atoms with Gasteiger partial charge in [0.05, 0.1) is 29.9 Å². The van der Waals surface area contributed by atoms with Crippen molar-refractivity contribution in [2.24, 2.45) is 0 Å². The molecule has 1 atom stereocenters. The Morgan fingerprint density at radius 2 is 1.91 bits per heavy atom. The van der Waals surface area contributed by atoms with E-state index in [4.69, 9.17) is 4.74 Å². The van der Waals surface area contributed by atoms with E-state index in [1.165, 1.54) is 35.9 Å². The molecule has 2 saturated heterocycles. The number of benzene rings is 2. The smallest absolute Gasteiger partial charge is 0.243 e. The van der Waals surface area contributed by atoms with E-state index in [0.29, 0.717) is 47.9 Å². The number of imidazole rings is 1. The van der Waals surface area contributed by atoms with Crippen molar-refractivity contribution in [3.05, 3.63) is 66.1 Å². The number of ether oxygens (including phenoxy) is 1. The zero-order valence-electron chi connectivity index (χ0n) is 24.4. The number of carbonyl (C=O) groups is 1. The number of sulfonamides is 1. The topological polar surface area (TPSA) is 121 Å². The summed E-state index contributed by atoms with van der Waals surface area (Å²) in [5, 5.41) is 6.41. The van der Waals surface area contributed by atoms with Crippen molar-refractivity contribution in [3.8, 4) is 17.0 Å². The molecule has 2 N–H and O–H groups in total. The van der Waals surface area contributed by atoms with Gasteiger partial charge in [-0.1, -0.05) is 6.92 Å². The first-order valence-corrected chi connectivity index (χ1v) is 15.9. The summed E-state index contributed by atoms with van der Waals surface area (Å²) in [6, 6.07) is 7.58. The van der Waals surface area contributed by atoms with Crippen LogP contribution in [0, 0.1) is 11.6 Å². The Morgan fingerprint density at radius 1 is 1.11 bits per heavy atom. The maximum Gasteiger partial charge on any atom is 0.243 e. The van der Waals surface area contributed by atoms with Crippen molar-refractivity contribution in [2.45, 2.75) is 37.1 Å². The molecule has 1 amide bonds. The molecule has 0 bridgehead atoms. The van der Waals surface area contributed by atoms with Crippen molar-refractivity contribution in [1.82, 2.24) is 28.9 Å². The van der Waals surface area contributed by atoms with Crippen LogP contribution in [0.3, 0.4) is 0 Å². The number of carbonyl (C=O) groups excluding carboxylic acids is 1. The van der Waals surface area contributed by atoms with Crippen molar-refractivity contribution >= 4 is 33.1 Å². The molecule has 2 aliphatic heterocycles. The first-order chi connectivity index (χ1) is 21.2. The van der Waals surface area contributed by atoms with Crippen LogP contribution in [0.25, 0.3) is 16.9 Å². The highest BCUT2D eigenvalue weighted by molar-refractivity contribution is 7.89. The highest BCUT2D eigenvalue weighted by Crippen LogP contribution is 2.32. The van der Waals surface area contributed by atoms with E-state index in [1.807, 2.05) is 6.92 Å². The van der Waals surface area contributed by atoms with E-state index in [0.717, 1.165) is 19.4 Å². The van der Waals surface area contributed by atoms with Crippen molar-refractivity contribution < 1.29 is 26.7 Å². The van der Waals surface area contributed by atoms with Gasteiger partial charge in [0.15, 0.2) is 23.0 Å². The van der Waals surface area contributed by atoms with Gasteiger partial charge in [-0.05, 0) is 61.7 Å². The van der Waals surface area contributed by atoms with Gasteiger partial charge in [0.2, 0.25) is 21.7 Å². The van der Waals surface area contributed by atoms with Crippen LogP contribution >= 0.6 is 0 Å². The number of nitrogens with one attached hydrogen (secondary N) is 2. The zero-order chi connectivity index (χ0) is 31.0. The Bertz CT molecular complexity index is 1820. The van der Waals surface area contributed by atoms with Gasteiger partial charge in [-0.2, -0.15) is 8.70 Å². The number of amides is 1. The molecular weight excluding hydrogens is 592 g/mol. The number of nitrogens with zero attached hydrogens (tertiary/aromatic N) is 5. The van der Waals surface area contributed by atoms with Gasteiger partial charge in [-0.15, -0.1) is 0 Å². The molecule has 4 heterocycles. The number of aromatic nitrogens is 3. The van der Waals surface area contributed by atoms with Gasteiger partial charge < -0.3 is 20.3 Å². The summed E-state index contributed by atoms with van der Waals surface area (Å²) >= 11 is 0. The maximum absolute atomic E-state index is 14.9. The lowest BCUT2D eigenvalue weighted by atomic mass is 10.1. The molecule has 14 heteroatoms. The Labute approximate surface area is 253 Å². The van der Waals surface area contributed by atoms with Crippen LogP contribution in [0.2, 0.25) is 0 Å². The number of hydrogen-bond donors (Lipinski definition) is 2. The highest BCUT2D eigenvalue weighted by Gasteiger charge is 2.34. The quantitative estimate of drug-likeness (QED) is 0.305. The fourth-order valence-corrected chi connectivity index (χ4v) is 7.52. The predicted molar refractivity (Wildman–Crippen MR) is 160 cm³/mol. The summed E-state index contributed by atoms with van der Waals surface area (Å²) in [5.74, 6) is -1.95. The monoisotopic (exact) mass is 625 g/mol. The van der Waals surface area contributed by atoms with E-state index < -0.39 is 21.7 Å². The lowest BCUT2D eigenvalue weighted by Gasteiger charge is -2.35. The number of halogens is 2. The summed E-state index contributed by atoms with van der Waals surface area (Å²) < 4.78 is 64.5. The molecule has 2 fully saturated rings. The molecule has 2 aromatic carbocycles. The molecule has 44 heavy (non-hydrogen) atoms. The van der Waals surface area contributed by atoms with Crippen LogP contribution < -0.4 is 15.4 Å². The first kappa shape index (κ1) is 29.9. The van der Waals surface area contributed by atoms with E-state index in [1.54, 1.807) is 33.7 Å². The first-order valence-electron chi connectivity index (χ1n) is 14.5. The molecule has 11 nitrogen and oxygen atoms in total. The predicted octanol–water partition coefficient (Wildman–Crippen LogP) is 3.57. The second kappa shape index (κ2) is 12.1. The van der Waals surface area contributed by atoms with E-state index in [2.05, 4.69) is 20.6 Å². The number of methoxy groups -OCH3 is 1. The van der Waals surface area contributed by atoms with Crippen molar-refractivity contribution in [1.29, 1.82) is 0 Å². The number of rotatable bonds is 8. The summed E-state index contributed by atoms with van der Waals surface area (Å²) in [7, 11) is -2.53. The Kier molecular flexibility index (Phi) is 8.22. The summed E-state index contributed by atoms with van der Waals surface area (Å²) in [6.07, 6.45) is 6.76. The van der Waals surface area contributed by atoms with Crippen LogP contribution in [0.15, 0.2) is 53.8 Å². The number of aryl methyl sites for hydroxylation is 1. The molecule has 4 aromatic rings. The third kappa shape index (κ3) is 5.37. The molecule has 0 spiro atoms. The van der Waals surface area contributed by atoms with Gasteiger partial charge in [0, 0.05) is 49.8 Å². The van der Waals surface area contributed by atoms with Crippen molar-refractivity contribution in [2.75, 3.05) is 45.2 Å². The minimum absolute atomic E-state index is 0.0104. The molecule has 0 radical (unpaired) electrons. The van der Waals surface area contributed by atoms with Gasteiger partial charge in [-0.3, -0.25) is 9.20 Å². The molecule has 0 aliphatic carbocycles. The van der Waals surface area contributed by atoms with E-state index >= 15 is 0 Å². The lowest BCUT2D eigenvalue weighted by Crippen LogP contribution is -2.54. The Morgan fingerprint density at radius 3 is 2.61 bits per heavy atom. The normalized spacial score (nSPS) is 17.7. The minimum atomic E-state index is -3.79. The van der Waals surface area contributed by atoms with Crippen LogP contribution in [0.4, 0.5) is 20.3 Å². The maximum atomic E-state index is 14.9. The second-order valence-corrected chi connectivity index (χ2v) is 12.6. The lowest BCUT2D eigenvalue weighted by molar-refractivity contribution is -0.134.